The number of nitrogens with one attached hydrogen (secondary N) is 2. The highest BCUT2D eigenvalue weighted by Gasteiger charge is 2.21. The van der Waals surface area contributed by atoms with E-state index in [1.165, 1.54) is 37.7 Å². The molecule has 4 nitrogen and oxygen atoms in total. The molecule has 2 rings (SSSR count). The van der Waals surface area contributed by atoms with Crippen molar-refractivity contribution in [2.45, 2.75) is 58.8 Å². The van der Waals surface area contributed by atoms with Gasteiger partial charge in [0.2, 0.25) is 0 Å². The quantitative estimate of drug-likeness (QED) is 0.821. The number of hydrogen-bond donors (Lipinski definition) is 2. The van der Waals surface area contributed by atoms with Crippen LogP contribution >= 0.6 is 0 Å². The van der Waals surface area contributed by atoms with Gasteiger partial charge in [0.1, 0.15) is 18.0 Å². The molecule has 4 heteroatoms. The third-order valence-corrected chi connectivity index (χ3v) is 4.80. The maximum atomic E-state index is 4.46. The smallest absolute Gasteiger partial charge is 0.134 e. The lowest BCUT2D eigenvalue weighted by Gasteiger charge is -2.28. The van der Waals surface area contributed by atoms with E-state index < -0.39 is 0 Å². The number of rotatable bonds is 6. The summed E-state index contributed by atoms with van der Waals surface area (Å²) in [6.45, 7) is 7.74. The molecule has 0 amide bonds. The van der Waals surface area contributed by atoms with Crippen molar-refractivity contribution in [3.63, 3.8) is 0 Å². The molecule has 0 bridgehead atoms. The van der Waals surface area contributed by atoms with Crippen molar-refractivity contribution in [3.8, 4) is 0 Å². The zero-order chi connectivity index (χ0) is 15.2. The zero-order valence-corrected chi connectivity index (χ0v) is 13.9. The first-order valence-corrected chi connectivity index (χ1v) is 8.42. The standard InChI is InChI=1S/C17H30N4/c1-5-13-6-8-14(9-7-13)10-19-17-15(12(2)3)16(18-4)20-11-21-17/h11-14H,5-10H2,1-4H3,(H2,18,19,20,21). The Balaban J connectivity index is 1.97. The van der Waals surface area contributed by atoms with Crippen molar-refractivity contribution in [3.05, 3.63) is 11.9 Å². The summed E-state index contributed by atoms with van der Waals surface area (Å²) in [7, 11) is 1.92. The van der Waals surface area contributed by atoms with Gasteiger partial charge in [-0.1, -0.05) is 40.0 Å². The minimum atomic E-state index is 0.409. The van der Waals surface area contributed by atoms with Crippen molar-refractivity contribution in [2.75, 3.05) is 24.2 Å². The van der Waals surface area contributed by atoms with Gasteiger partial charge in [0.15, 0.2) is 0 Å². The molecule has 1 aromatic rings. The Morgan fingerprint density at radius 1 is 1.10 bits per heavy atom. The van der Waals surface area contributed by atoms with Crippen LogP contribution in [0.25, 0.3) is 0 Å². The molecule has 0 unspecified atom stereocenters. The Labute approximate surface area is 129 Å². The first kappa shape index (κ1) is 16.1. The first-order valence-electron chi connectivity index (χ1n) is 8.42. The molecule has 0 saturated heterocycles. The lowest BCUT2D eigenvalue weighted by molar-refractivity contribution is 0.278. The summed E-state index contributed by atoms with van der Waals surface area (Å²) in [6.07, 6.45) is 8.49. The predicted molar refractivity (Wildman–Crippen MR) is 89.9 cm³/mol. The molecule has 118 valence electrons. The summed E-state index contributed by atoms with van der Waals surface area (Å²) < 4.78 is 0. The molecule has 1 heterocycles. The van der Waals surface area contributed by atoms with E-state index in [9.17, 15) is 0 Å². The molecule has 1 saturated carbocycles. The number of anilines is 2. The maximum Gasteiger partial charge on any atom is 0.134 e. The molecule has 21 heavy (non-hydrogen) atoms. The fourth-order valence-electron chi connectivity index (χ4n) is 3.37. The Morgan fingerprint density at radius 3 is 2.29 bits per heavy atom. The predicted octanol–water partition coefficient (Wildman–Crippen LogP) is 4.27. The second kappa shape index (κ2) is 7.62. The Bertz CT molecular complexity index is 436. The zero-order valence-electron chi connectivity index (χ0n) is 13.9. The average molecular weight is 290 g/mol. The molecule has 1 aliphatic carbocycles. The van der Waals surface area contributed by atoms with E-state index in [0.717, 1.165) is 30.0 Å². The Morgan fingerprint density at radius 2 is 1.71 bits per heavy atom. The third kappa shape index (κ3) is 4.08. The second-order valence-electron chi connectivity index (χ2n) is 6.57. The van der Waals surface area contributed by atoms with E-state index in [-0.39, 0.29) is 0 Å². The highest BCUT2D eigenvalue weighted by atomic mass is 15.1. The van der Waals surface area contributed by atoms with Gasteiger partial charge in [0, 0.05) is 19.2 Å². The van der Waals surface area contributed by atoms with E-state index in [0.29, 0.717) is 5.92 Å². The molecular weight excluding hydrogens is 260 g/mol. The van der Waals surface area contributed by atoms with Crippen LogP contribution in [-0.4, -0.2) is 23.6 Å². The van der Waals surface area contributed by atoms with Gasteiger partial charge < -0.3 is 10.6 Å². The molecule has 1 aromatic heterocycles. The fourth-order valence-corrected chi connectivity index (χ4v) is 3.37. The van der Waals surface area contributed by atoms with Crippen molar-refractivity contribution in [2.24, 2.45) is 11.8 Å². The average Bonchev–Trinajstić information content (AvgIpc) is 2.52. The van der Waals surface area contributed by atoms with E-state index in [4.69, 9.17) is 0 Å². The van der Waals surface area contributed by atoms with E-state index in [1.807, 2.05) is 7.05 Å². The van der Waals surface area contributed by atoms with Crippen LogP contribution in [0.1, 0.15) is 64.4 Å². The van der Waals surface area contributed by atoms with Crippen molar-refractivity contribution >= 4 is 11.6 Å². The molecule has 1 aliphatic rings. The summed E-state index contributed by atoms with van der Waals surface area (Å²) in [5.74, 6) is 4.11. The second-order valence-corrected chi connectivity index (χ2v) is 6.57. The minimum absolute atomic E-state index is 0.409. The van der Waals surface area contributed by atoms with Gasteiger partial charge in [-0.25, -0.2) is 9.97 Å². The Kier molecular flexibility index (Phi) is 5.83. The molecule has 2 N–H and O–H groups in total. The van der Waals surface area contributed by atoms with Crippen LogP contribution in [0.2, 0.25) is 0 Å². The van der Waals surface area contributed by atoms with Crippen molar-refractivity contribution in [1.82, 2.24) is 9.97 Å². The fraction of sp³-hybridized carbons (Fsp3) is 0.765. The third-order valence-electron chi connectivity index (χ3n) is 4.80. The van der Waals surface area contributed by atoms with E-state index in [1.54, 1.807) is 6.33 Å². The van der Waals surface area contributed by atoms with Gasteiger partial charge in [0.05, 0.1) is 0 Å². The summed E-state index contributed by atoms with van der Waals surface area (Å²) >= 11 is 0. The van der Waals surface area contributed by atoms with Crippen molar-refractivity contribution < 1.29 is 0 Å². The van der Waals surface area contributed by atoms with Gasteiger partial charge in [-0.15, -0.1) is 0 Å². The summed E-state index contributed by atoms with van der Waals surface area (Å²) in [5.41, 5.74) is 1.20. The van der Waals surface area contributed by atoms with Crippen molar-refractivity contribution in [1.29, 1.82) is 0 Å². The normalized spacial score (nSPS) is 22.3. The SMILES string of the molecule is CCC1CCC(CNc2ncnc(NC)c2C(C)C)CC1. The molecule has 0 aromatic carbocycles. The summed E-state index contributed by atoms with van der Waals surface area (Å²) in [5, 5.41) is 6.76. The largest absolute Gasteiger partial charge is 0.373 e. The molecule has 0 spiro atoms. The minimum Gasteiger partial charge on any atom is -0.373 e. The first-order chi connectivity index (χ1) is 10.2. The van der Waals surface area contributed by atoms with Crippen LogP contribution in [0.3, 0.4) is 0 Å². The van der Waals surface area contributed by atoms with E-state index in [2.05, 4.69) is 41.4 Å². The van der Waals surface area contributed by atoms with Gasteiger partial charge in [0.25, 0.3) is 0 Å². The van der Waals surface area contributed by atoms with Gasteiger partial charge in [-0.3, -0.25) is 0 Å². The van der Waals surface area contributed by atoms with Crippen LogP contribution < -0.4 is 10.6 Å². The monoisotopic (exact) mass is 290 g/mol. The molecular formula is C17H30N4. The molecule has 0 atom stereocenters. The van der Waals surface area contributed by atoms with Crippen LogP contribution in [0.4, 0.5) is 11.6 Å². The highest BCUT2D eigenvalue weighted by molar-refractivity contribution is 5.58. The van der Waals surface area contributed by atoms with Crippen LogP contribution in [0, 0.1) is 11.8 Å². The molecule has 0 radical (unpaired) electrons. The summed E-state index contributed by atoms with van der Waals surface area (Å²) in [6, 6.07) is 0. The molecule has 1 fully saturated rings. The number of aromatic nitrogens is 2. The highest BCUT2D eigenvalue weighted by Crippen LogP contribution is 2.32. The van der Waals surface area contributed by atoms with Gasteiger partial charge >= 0.3 is 0 Å². The van der Waals surface area contributed by atoms with Gasteiger partial charge in [-0.2, -0.15) is 0 Å². The lowest BCUT2D eigenvalue weighted by Crippen LogP contribution is -2.22. The molecule has 0 aliphatic heterocycles. The van der Waals surface area contributed by atoms with Crippen LogP contribution in [0.5, 0.6) is 0 Å². The van der Waals surface area contributed by atoms with Crippen LogP contribution in [0.15, 0.2) is 6.33 Å². The lowest BCUT2D eigenvalue weighted by atomic mass is 9.81. The summed E-state index contributed by atoms with van der Waals surface area (Å²) in [4.78, 5) is 8.79. The number of nitrogens with zero attached hydrogens (tertiary/aromatic N) is 2. The maximum absolute atomic E-state index is 4.46. The van der Waals surface area contributed by atoms with E-state index >= 15 is 0 Å². The number of hydrogen-bond acceptors (Lipinski definition) is 4. The Hall–Kier alpha value is -1.32. The topological polar surface area (TPSA) is 49.8 Å². The van der Waals surface area contributed by atoms with Gasteiger partial charge in [-0.05, 0) is 30.6 Å². The van der Waals surface area contributed by atoms with Crippen LogP contribution in [-0.2, 0) is 0 Å².